The third-order valence-electron chi connectivity index (χ3n) is 4.76. The van der Waals surface area contributed by atoms with E-state index in [1.165, 1.54) is 19.3 Å². The molecule has 10 nitrogen and oxygen atoms in total. The molecule has 0 unspecified atom stereocenters. The zero-order valence-corrected chi connectivity index (χ0v) is 13.5. The lowest BCUT2D eigenvalue weighted by Crippen LogP contribution is -2.44. The van der Waals surface area contributed by atoms with Gasteiger partial charge in [0.1, 0.15) is 23.3 Å². The van der Waals surface area contributed by atoms with Crippen molar-refractivity contribution < 1.29 is 24.4 Å². The Kier molecular flexibility index (Phi) is 3.53. The van der Waals surface area contributed by atoms with Gasteiger partial charge in [0.25, 0.3) is 5.56 Å². The summed E-state index contributed by atoms with van der Waals surface area (Å²) in [7, 11) is 0. The maximum Gasteiger partial charge on any atom is 0.275 e. The molecule has 0 radical (unpaired) electrons. The Morgan fingerprint density at radius 3 is 2.88 bits per heavy atom. The van der Waals surface area contributed by atoms with Gasteiger partial charge in [0.15, 0.2) is 12.0 Å². The van der Waals surface area contributed by atoms with Crippen LogP contribution < -0.4 is 11.3 Å². The van der Waals surface area contributed by atoms with Gasteiger partial charge in [-0.2, -0.15) is 10.2 Å². The number of ether oxygens (including phenoxy) is 1. The summed E-state index contributed by atoms with van der Waals surface area (Å²) in [5, 5.41) is 40.2. The molecule has 1 aliphatic heterocycles. The smallest absolute Gasteiger partial charge is 0.275 e. The number of aliphatic hydroxyl groups is 3. The maximum atomic E-state index is 14.5. The molecule has 1 aliphatic rings. The summed E-state index contributed by atoms with van der Waals surface area (Å²) in [6.45, 7) is 0.814. The summed E-state index contributed by atoms with van der Waals surface area (Å²) in [4.78, 5) is 12.0. The van der Waals surface area contributed by atoms with Crippen molar-refractivity contribution in [2.45, 2.75) is 31.0 Å². The number of nitrogens with zero attached hydrogens (tertiary/aromatic N) is 3. The van der Waals surface area contributed by atoms with E-state index < -0.39 is 42.0 Å². The highest BCUT2D eigenvalue weighted by atomic mass is 19.1. The van der Waals surface area contributed by atoms with Crippen LogP contribution in [0.5, 0.6) is 0 Å². The molecule has 138 valence electrons. The Balaban J connectivity index is 2.02. The molecule has 1 saturated heterocycles. The third-order valence-corrected chi connectivity index (χ3v) is 4.76. The van der Waals surface area contributed by atoms with Crippen LogP contribution in [0.3, 0.4) is 0 Å². The van der Waals surface area contributed by atoms with E-state index in [-0.39, 0.29) is 27.4 Å². The first-order valence-corrected chi connectivity index (χ1v) is 7.77. The molecule has 0 saturated carbocycles. The van der Waals surface area contributed by atoms with E-state index in [9.17, 15) is 24.5 Å². The Bertz CT molecular complexity index is 1080. The van der Waals surface area contributed by atoms with Gasteiger partial charge in [0.05, 0.1) is 23.9 Å². The van der Waals surface area contributed by atoms with Gasteiger partial charge in [0, 0.05) is 17.0 Å². The predicted octanol–water partition coefficient (Wildman–Crippen LogP) is -1.00. The van der Waals surface area contributed by atoms with E-state index in [0.29, 0.717) is 0 Å². The van der Waals surface area contributed by atoms with Crippen LogP contribution in [0.15, 0.2) is 17.2 Å². The van der Waals surface area contributed by atoms with Gasteiger partial charge >= 0.3 is 0 Å². The summed E-state index contributed by atoms with van der Waals surface area (Å²) >= 11 is 0. The minimum absolute atomic E-state index is 0.132. The minimum atomic E-state index is -1.79. The van der Waals surface area contributed by atoms with Crippen LogP contribution in [-0.4, -0.2) is 59.7 Å². The van der Waals surface area contributed by atoms with Crippen LogP contribution in [-0.2, 0) is 4.74 Å². The monoisotopic (exact) mass is 365 g/mol. The molecule has 1 aromatic carbocycles. The van der Waals surface area contributed by atoms with Crippen molar-refractivity contribution in [1.29, 1.82) is 0 Å². The highest BCUT2D eigenvalue weighted by Gasteiger charge is 2.53. The summed E-state index contributed by atoms with van der Waals surface area (Å²) in [6.07, 6.45) is -1.05. The number of aromatic amines is 1. The lowest BCUT2D eigenvalue weighted by Gasteiger charge is -2.27. The number of nitrogens with two attached hydrogens (primary N) is 1. The predicted molar refractivity (Wildman–Crippen MR) is 87.7 cm³/mol. The van der Waals surface area contributed by atoms with Crippen LogP contribution >= 0.6 is 0 Å². The van der Waals surface area contributed by atoms with Crippen LogP contribution in [0.4, 0.5) is 10.1 Å². The Morgan fingerprint density at radius 2 is 2.23 bits per heavy atom. The van der Waals surface area contributed by atoms with Crippen molar-refractivity contribution in [1.82, 2.24) is 20.0 Å². The van der Waals surface area contributed by atoms with Gasteiger partial charge in [-0.1, -0.05) is 0 Å². The molecule has 0 spiro atoms. The molecular formula is C15H16FN5O5. The Hall–Kier alpha value is -2.60. The molecule has 4 rings (SSSR count). The zero-order valence-electron chi connectivity index (χ0n) is 13.5. The number of aromatic nitrogens is 4. The van der Waals surface area contributed by atoms with E-state index in [1.54, 1.807) is 0 Å². The molecule has 0 amide bonds. The second-order valence-corrected chi connectivity index (χ2v) is 6.46. The number of rotatable bonds is 2. The molecule has 3 heterocycles. The number of aliphatic hydroxyl groups excluding tert-OH is 2. The largest absolute Gasteiger partial charge is 0.396 e. The quantitative estimate of drug-likeness (QED) is 0.386. The molecule has 3 aromatic rings. The lowest BCUT2D eigenvalue weighted by atomic mass is 9.97. The van der Waals surface area contributed by atoms with Crippen LogP contribution in [0.1, 0.15) is 13.2 Å². The van der Waals surface area contributed by atoms with Gasteiger partial charge in [-0.3, -0.25) is 4.79 Å². The van der Waals surface area contributed by atoms with Crippen LogP contribution in [0.2, 0.25) is 0 Å². The number of anilines is 1. The lowest BCUT2D eigenvalue weighted by molar-refractivity contribution is -0.102. The highest BCUT2D eigenvalue weighted by Crippen LogP contribution is 2.40. The normalized spacial score (nSPS) is 29.0. The molecule has 26 heavy (non-hydrogen) atoms. The van der Waals surface area contributed by atoms with Gasteiger partial charge in [-0.15, -0.1) is 0 Å². The summed E-state index contributed by atoms with van der Waals surface area (Å²) in [5.74, 6) is -0.892. The van der Waals surface area contributed by atoms with E-state index >= 15 is 0 Å². The average Bonchev–Trinajstić information content (AvgIpc) is 2.90. The van der Waals surface area contributed by atoms with Gasteiger partial charge in [0.2, 0.25) is 0 Å². The zero-order chi connectivity index (χ0) is 18.8. The van der Waals surface area contributed by atoms with Gasteiger partial charge in [-0.25, -0.2) is 14.2 Å². The number of hydrogen-bond acceptors (Lipinski definition) is 8. The SMILES string of the molecule is C[C@@]1(O)[C@H](O)[C@@H](CO)O[C@H]1n1cc2c(N)c(F)c3c(=O)[nH]ncc(n1)c23. The molecule has 0 bridgehead atoms. The second-order valence-electron chi connectivity index (χ2n) is 6.46. The van der Waals surface area contributed by atoms with Crippen molar-refractivity contribution >= 4 is 27.4 Å². The van der Waals surface area contributed by atoms with Crippen molar-refractivity contribution in [2.24, 2.45) is 0 Å². The molecule has 6 N–H and O–H groups in total. The molecular weight excluding hydrogens is 349 g/mol. The number of hydrogen-bond donors (Lipinski definition) is 5. The van der Waals surface area contributed by atoms with Crippen LogP contribution in [0.25, 0.3) is 21.7 Å². The molecule has 11 heteroatoms. The number of nitrogens with one attached hydrogen (secondary N) is 1. The first kappa shape index (κ1) is 16.8. The summed E-state index contributed by atoms with van der Waals surface area (Å²) in [6, 6.07) is 0. The number of H-pyrrole nitrogens is 1. The Labute approximate surface area is 144 Å². The van der Waals surface area contributed by atoms with E-state index in [0.717, 1.165) is 4.68 Å². The summed E-state index contributed by atoms with van der Waals surface area (Å²) in [5.41, 5.74) is 3.15. The standard InChI is InChI=1S/C15H16FN5O5/c1-15(25)12(23)7(4-22)26-14(15)21-3-5-8-6(20-21)2-18-19-13(24)9(8)10(16)11(5)17/h2-3,7,12,14,22-23,25H,4,17H2,1H3,(H,19,24)/t7-,12-,14-,15-/m1/s1. The second kappa shape index (κ2) is 5.45. The van der Waals surface area contributed by atoms with Crippen LogP contribution in [0, 0.1) is 5.82 Å². The van der Waals surface area contributed by atoms with Gasteiger partial charge in [-0.05, 0) is 6.92 Å². The minimum Gasteiger partial charge on any atom is -0.396 e. The highest BCUT2D eigenvalue weighted by molar-refractivity contribution is 6.14. The number of halogens is 1. The third kappa shape index (κ3) is 2.08. The Morgan fingerprint density at radius 1 is 1.50 bits per heavy atom. The summed E-state index contributed by atoms with van der Waals surface area (Å²) < 4.78 is 21.1. The fraction of sp³-hybridized carbons (Fsp3) is 0.400. The first-order valence-electron chi connectivity index (χ1n) is 7.77. The fourth-order valence-electron chi connectivity index (χ4n) is 3.37. The van der Waals surface area contributed by atoms with E-state index in [1.807, 2.05) is 0 Å². The topological polar surface area (TPSA) is 160 Å². The van der Waals surface area contributed by atoms with Crippen molar-refractivity contribution in [3.63, 3.8) is 0 Å². The molecule has 4 atom stereocenters. The first-order chi connectivity index (χ1) is 12.3. The molecule has 1 fully saturated rings. The van der Waals surface area contributed by atoms with E-state index in [2.05, 4.69) is 15.3 Å². The van der Waals surface area contributed by atoms with Crippen molar-refractivity contribution in [3.05, 3.63) is 28.6 Å². The maximum absolute atomic E-state index is 14.5. The van der Waals surface area contributed by atoms with E-state index in [4.69, 9.17) is 10.5 Å². The van der Waals surface area contributed by atoms with Gasteiger partial charge < -0.3 is 25.8 Å². The average molecular weight is 365 g/mol. The molecule has 2 aromatic heterocycles. The number of nitrogen functional groups attached to an aromatic ring is 1. The molecule has 0 aliphatic carbocycles. The fourth-order valence-corrected chi connectivity index (χ4v) is 3.37. The van der Waals surface area contributed by atoms with Crippen molar-refractivity contribution in [3.8, 4) is 0 Å². The van der Waals surface area contributed by atoms with Crippen molar-refractivity contribution in [2.75, 3.05) is 12.3 Å².